The van der Waals surface area contributed by atoms with Crippen LogP contribution in [0.4, 0.5) is 0 Å². The van der Waals surface area contributed by atoms with E-state index >= 15 is 0 Å². The van der Waals surface area contributed by atoms with Gasteiger partial charge in [-0.3, -0.25) is 0 Å². The van der Waals surface area contributed by atoms with Crippen molar-refractivity contribution in [2.75, 3.05) is 0 Å². The highest BCUT2D eigenvalue weighted by atomic mass is 127. The average molecular weight is 328 g/mol. The van der Waals surface area contributed by atoms with E-state index in [-0.39, 0.29) is 11.4 Å². The number of allylic oxidation sites excluding steroid dienone is 1. The molecule has 2 rings (SSSR count). The summed E-state index contributed by atoms with van der Waals surface area (Å²) >= 11 is 2.26. The maximum absolute atomic E-state index is 11.6. The molecule has 0 N–H and O–H groups in total. The third-order valence-corrected chi connectivity index (χ3v) is 4.55. The summed E-state index contributed by atoms with van der Waals surface area (Å²) in [6, 6.07) is 7.51. The molecule has 1 aromatic carbocycles. The Labute approximate surface area is 109 Å². The van der Waals surface area contributed by atoms with Gasteiger partial charge in [0.05, 0.1) is 5.56 Å². The van der Waals surface area contributed by atoms with Crippen molar-refractivity contribution in [1.82, 2.24) is 0 Å². The molecule has 0 bridgehead atoms. The molecule has 0 unspecified atom stereocenters. The van der Waals surface area contributed by atoms with Crippen LogP contribution in [0.25, 0.3) is 5.76 Å². The fraction of sp³-hybridized carbons (Fsp3) is 0.308. The summed E-state index contributed by atoms with van der Waals surface area (Å²) in [7, 11) is 0. The van der Waals surface area contributed by atoms with Crippen LogP contribution in [0.3, 0.4) is 0 Å². The minimum atomic E-state index is -0.246. The highest BCUT2D eigenvalue weighted by molar-refractivity contribution is 14.1. The number of carbonyl (C=O) groups excluding carboxylic acids is 1. The van der Waals surface area contributed by atoms with E-state index in [4.69, 9.17) is 4.74 Å². The molecule has 0 saturated heterocycles. The monoisotopic (exact) mass is 328 g/mol. The van der Waals surface area contributed by atoms with Gasteiger partial charge in [-0.05, 0) is 34.1 Å². The molecule has 84 valence electrons. The number of esters is 1. The molecule has 1 aliphatic rings. The first-order valence-electron chi connectivity index (χ1n) is 5.13. The SMILES string of the molecule is CC(C)(C)/C(I)=C1\OC(=O)c2ccccc21. The summed E-state index contributed by atoms with van der Waals surface area (Å²) in [6.07, 6.45) is 0. The minimum absolute atomic E-state index is 0.00632. The first-order valence-corrected chi connectivity index (χ1v) is 6.21. The Morgan fingerprint density at radius 3 is 2.31 bits per heavy atom. The van der Waals surface area contributed by atoms with E-state index in [0.717, 1.165) is 9.14 Å². The van der Waals surface area contributed by atoms with Gasteiger partial charge in [0.15, 0.2) is 0 Å². The van der Waals surface area contributed by atoms with Crippen LogP contribution in [0.15, 0.2) is 27.8 Å². The maximum atomic E-state index is 11.6. The van der Waals surface area contributed by atoms with E-state index in [2.05, 4.69) is 43.4 Å². The number of halogens is 1. The molecule has 0 atom stereocenters. The summed E-state index contributed by atoms with van der Waals surface area (Å²) < 4.78 is 6.43. The molecule has 2 nitrogen and oxygen atoms in total. The van der Waals surface area contributed by atoms with Gasteiger partial charge in [0.1, 0.15) is 5.76 Å². The van der Waals surface area contributed by atoms with Crippen LogP contribution in [0.2, 0.25) is 0 Å². The van der Waals surface area contributed by atoms with Crippen molar-refractivity contribution in [1.29, 1.82) is 0 Å². The van der Waals surface area contributed by atoms with Crippen molar-refractivity contribution in [3.8, 4) is 0 Å². The molecule has 0 aromatic heterocycles. The summed E-state index contributed by atoms with van der Waals surface area (Å²) in [6.45, 7) is 6.32. The highest BCUT2D eigenvalue weighted by Crippen LogP contribution is 2.41. The lowest BCUT2D eigenvalue weighted by molar-refractivity contribution is 0.0714. The van der Waals surface area contributed by atoms with Crippen LogP contribution >= 0.6 is 22.6 Å². The van der Waals surface area contributed by atoms with E-state index in [1.807, 2.05) is 18.2 Å². The van der Waals surface area contributed by atoms with E-state index in [0.29, 0.717) is 11.3 Å². The van der Waals surface area contributed by atoms with Crippen molar-refractivity contribution >= 4 is 34.3 Å². The normalized spacial score (nSPS) is 18.1. The van der Waals surface area contributed by atoms with Crippen molar-refractivity contribution in [2.45, 2.75) is 20.8 Å². The summed E-state index contributed by atoms with van der Waals surface area (Å²) in [4.78, 5) is 11.6. The summed E-state index contributed by atoms with van der Waals surface area (Å²) in [5, 5.41) is 0. The molecule has 1 heterocycles. The van der Waals surface area contributed by atoms with Crippen molar-refractivity contribution < 1.29 is 9.53 Å². The van der Waals surface area contributed by atoms with Crippen molar-refractivity contribution in [2.24, 2.45) is 5.41 Å². The largest absolute Gasteiger partial charge is 0.421 e. The molecule has 1 aromatic rings. The van der Waals surface area contributed by atoms with Gasteiger partial charge < -0.3 is 4.74 Å². The Morgan fingerprint density at radius 1 is 1.19 bits per heavy atom. The van der Waals surface area contributed by atoms with E-state index < -0.39 is 0 Å². The fourth-order valence-corrected chi connectivity index (χ4v) is 1.97. The Balaban J connectivity index is 2.61. The van der Waals surface area contributed by atoms with Crippen LogP contribution in [0.1, 0.15) is 36.7 Å². The predicted octanol–water partition coefficient (Wildman–Crippen LogP) is 4.01. The zero-order chi connectivity index (χ0) is 11.9. The molecule has 0 radical (unpaired) electrons. The third kappa shape index (κ3) is 1.88. The number of hydrogen-bond donors (Lipinski definition) is 0. The smallest absolute Gasteiger partial charge is 0.344 e. The molecular formula is C13H13IO2. The van der Waals surface area contributed by atoms with Crippen LogP contribution in [-0.4, -0.2) is 5.97 Å². The quantitative estimate of drug-likeness (QED) is 0.531. The standard InChI is InChI=1S/C13H13IO2/c1-13(2,3)11(14)10-8-6-4-5-7-9(8)12(15)16-10/h4-7H,1-3H3/b11-10+. The van der Waals surface area contributed by atoms with E-state index in [9.17, 15) is 4.79 Å². The molecule has 1 aliphatic heterocycles. The topological polar surface area (TPSA) is 26.3 Å². The molecule has 0 amide bonds. The fourth-order valence-electron chi connectivity index (χ4n) is 1.57. The second kappa shape index (κ2) is 3.87. The van der Waals surface area contributed by atoms with Crippen LogP contribution in [-0.2, 0) is 4.74 Å². The predicted molar refractivity (Wildman–Crippen MR) is 72.3 cm³/mol. The number of ether oxygens (including phenoxy) is 1. The Bertz CT molecular complexity index is 481. The van der Waals surface area contributed by atoms with Gasteiger partial charge in [0.25, 0.3) is 0 Å². The van der Waals surface area contributed by atoms with Crippen LogP contribution in [0, 0.1) is 5.41 Å². The molecular weight excluding hydrogens is 315 g/mol. The van der Waals surface area contributed by atoms with E-state index in [1.165, 1.54) is 0 Å². The van der Waals surface area contributed by atoms with Crippen LogP contribution in [0.5, 0.6) is 0 Å². The second-order valence-electron chi connectivity index (χ2n) is 4.83. The minimum Gasteiger partial charge on any atom is -0.421 e. The second-order valence-corrected chi connectivity index (χ2v) is 5.91. The van der Waals surface area contributed by atoms with Gasteiger partial charge >= 0.3 is 5.97 Å². The summed E-state index contributed by atoms with van der Waals surface area (Å²) in [5.41, 5.74) is 1.57. The number of carbonyl (C=O) groups is 1. The first-order chi connectivity index (χ1) is 7.41. The van der Waals surface area contributed by atoms with E-state index in [1.54, 1.807) is 6.07 Å². The number of benzene rings is 1. The van der Waals surface area contributed by atoms with Crippen molar-refractivity contribution in [3.05, 3.63) is 39.0 Å². The lowest BCUT2D eigenvalue weighted by atomic mass is 9.94. The van der Waals surface area contributed by atoms with Gasteiger partial charge in [0.2, 0.25) is 0 Å². The van der Waals surface area contributed by atoms with Gasteiger partial charge in [0, 0.05) is 9.14 Å². The Morgan fingerprint density at radius 2 is 1.75 bits per heavy atom. The maximum Gasteiger partial charge on any atom is 0.344 e. The molecule has 16 heavy (non-hydrogen) atoms. The number of cyclic esters (lactones) is 1. The first kappa shape index (κ1) is 11.6. The highest BCUT2D eigenvalue weighted by Gasteiger charge is 2.31. The number of fused-ring (bicyclic) bond motifs is 1. The van der Waals surface area contributed by atoms with Crippen molar-refractivity contribution in [3.63, 3.8) is 0 Å². The third-order valence-electron chi connectivity index (χ3n) is 2.44. The van der Waals surface area contributed by atoms with Gasteiger partial charge in [-0.25, -0.2) is 4.79 Å². The molecule has 0 spiro atoms. The van der Waals surface area contributed by atoms with Gasteiger partial charge in [-0.2, -0.15) is 0 Å². The average Bonchev–Trinajstić information content (AvgIpc) is 2.55. The Hall–Kier alpha value is -0.840. The number of rotatable bonds is 0. The molecule has 0 aliphatic carbocycles. The Kier molecular flexibility index (Phi) is 2.82. The summed E-state index contributed by atoms with van der Waals surface area (Å²) in [5.74, 6) is 0.470. The van der Waals surface area contributed by atoms with Gasteiger partial charge in [-0.15, -0.1) is 0 Å². The zero-order valence-corrected chi connectivity index (χ0v) is 11.7. The lowest BCUT2D eigenvalue weighted by Gasteiger charge is -2.19. The zero-order valence-electron chi connectivity index (χ0n) is 9.50. The van der Waals surface area contributed by atoms with Gasteiger partial charge in [-0.1, -0.05) is 39.0 Å². The molecule has 0 fully saturated rings. The molecule has 0 saturated carbocycles. The molecule has 3 heteroatoms. The number of hydrogen-bond acceptors (Lipinski definition) is 2. The lowest BCUT2D eigenvalue weighted by Crippen LogP contribution is -2.07. The van der Waals surface area contributed by atoms with Crippen LogP contribution < -0.4 is 0 Å².